The van der Waals surface area contributed by atoms with Crippen LogP contribution >= 0.6 is 0 Å². The van der Waals surface area contributed by atoms with Gasteiger partial charge in [0.1, 0.15) is 6.61 Å². The molecule has 0 aliphatic carbocycles. The van der Waals surface area contributed by atoms with Crippen LogP contribution in [0.2, 0.25) is 0 Å². The highest BCUT2D eigenvalue weighted by Gasteiger charge is 2.36. The van der Waals surface area contributed by atoms with Gasteiger partial charge in [0, 0.05) is 0 Å². The highest BCUT2D eigenvalue weighted by molar-refractivity contribution is 5.92. The second-order valence-corrected chi connectivity index (χ2v) is 2.47. The first kappa shape index (κ1) is 6.29. The maximum absolute atomic E-state index is 10.6. The van der Waals surface area contributed by atoms with Gasteiger partial charge in [-0.1, -0.05) is 6.58 Å². The molecule has 1 heterocycles. The Balaban J connectivity index is 2.86. The fourth-order valence-electron chi connectivity index (χ4n) is 0.623. The van der Waals surface area contributed by atoms with E-state index < -0.39 is 5.54 Å². The van der Waals surface area contributed by atoms with Crippen LogP contribution in [0.15, 0.2) is 12.2 Å². The third kappa shape index (κ3) is 0.833. The number of ether oxygens (including phenoxy) is 1. The zero-order valence-corrected chi connectivity index (χ0v) is 5.31. The fourth-order valence-corrected chi connectivity index (χ4v) is 0.623. The van der Waals surface area contributed by atoms with E-state index in [9.17, 15) is 4.79 Å². The quantitative estimate of drug-likeness (QED) is 0.362. The maximum atomic E-state index is 10.6. The van der Waals surface area contributed by atoms with Crippen LogP contribution in [0.4, 0.5) is 0 Å². The molecule has 3 heteroatoms. The minimum absolute atomic E-state index is 0.255. The topological polar surface area (TPSA) is 52.3 Å². The van der Waals surface area contributed by atoms with Gasteiger partial charge in [-0.15, -0.1) is 0 Å². The van der Waals surface area contributed by atoms with E-state index in [1.54, 1.807) is 6.92 Å². The van der Waals surface area contributed by atoms with Crippen molar-refractivity contribution in [2.75, 3.05) is 6.61 Å². The Morgan fingerprint density at radius 3 is 2.56 bits per heavy atom. The molecular weight excluding hydrogens is 118 g/mol. The Morgan fingerprint density at radius 2 is 2.44 bits per heavy atom. The Hall–Kier alpha value is -0.830. The summed E-state index contributed by atoms with van der Waals surface area (Å²) in [6.07, 6.45) is 0. The van der Waals surface area contributed by atoms with E-state index in [1.807, 2.05) is 0 Å². The van der Waals surface area contributed by atoms with Gasteiger partial charge in [0.15, 0.2) is 0 Å². The number of hydrogen-bond donors (Lipinski definition) is 1. The van der Waals surface area contributed by atoms with Gasteiger partial charge in [0.25, 0.3) is 0 Å². The van der Waals surface area contributed by atoms with Crippen molar-refractivity contribution in [3.05, 3.63) is 12.2 Å². The normalized spacial score (nSPS) is 34.9. The standard InChI is InChI=1S/C6H9NO2/c1-4-5(8)9-3-6(4,2)7/h1,3,7H2,2H3/t6-/m1/s1. The van der Waals surface area contributed by atoms with Gasteiger partial charge in [-0.25, -0.2) is 4.79 Å². The van der Waals surface area contributed by atoms with Gasteiger partial charge in [-0.05, 0) is 6.92 Å². The molecule has 1 aliphatic rings. The zero-order chi connectivity index (χ0) is 7.07. The molecular formula is C6H9NO2. The first-order valence-corrected chi connectivity index (χ1v) is 2.69. The summed E-state index contributed by atoms with van der Waals surface area (Å²) in [5.74, 6) is -0.375. The third-order valence-electron chi connectivity index (χ3n) is 1.44. The molecule has 9 heavy (non-hydrogen) atoms. The molecule has 1 fully saturated rings. The van der Waals surface area contributed by atoms with Crippen LogP contribution < -0.4 is 5.73 Å². The summed E-state index contributed by atoms with van der Waals surface area (Å²) in [5.41, 5.74) is 5.29. The van der Waals surface area contributed by atoms with Gasteiger partial charge < -0.3 is 10.5 Å². The second-order valence-electron chi connectivity index (χ2n) is 2.47. The minimum Gasteiger partial charge on any atom is -0.460 e. The first-order chi connectivity index (χ1) is 4.04. The highest BCUT2D eigenvalue weighted by atomic mass is 16.5. The monoisotopic (exact) mass is 127 g/mol. The van der Waals surface area contributed by atoms with E-state index >= 15 is 0 Å². The van der Waals surface area contributed by atoms with Crippen molar-refractivity contribution in [1.82, 2.24) is 0 Å². The van der Waals surface area contributed by atoms with E-state index in [0.717, 1.165) is 0 Å². The van der Waals surface area contributed by atoms with Crippen molar-refractivity contribution in [2.24, 2.45) is 5.73 Å². The number of carbonyl (C=O) groups is 1. The molecule has 0 unspecified atom stereocenters. The number of hydrogen-bond acceptors (Lipinski definition) is 3. The van der Waals surface area contributed by atoms with Crippen LogP contribution in [0, 0.1) is 0 Å². The minimum atomic E-state index is -0.642. The lowest BCUT2D eigenvalue weighted by molar-refractivity contribution is -0.135. The molecule has 0 radical (unpaired) electrons. The van der Waals surface area contributed by atoms with Crippen molar-refractivity contribution in [2.45, 2.75) is 12.5 Å². The Bertz CT molecular complexity index is 172. The van der Waals surface area contributed by atoms with Crippen molar-refractivity contribution in [3.8, 4) is 0 Å². The largest absolute Gasteiger partial charge is 0.460 e. The van der Waals surface area contributed by atoms with Gasteiger partial charge in [-0.3, -0.25) is 0 Å². The van der Waals surface area contributed by atoms with Crippen molar-refractivity contribution >= 4 is 5.97 Å². The molecule has 0 amide bonds. The van der Waals surface area contributed by atoms with Gasteiger partial charge >= 0.3 is 5.97 Å². The lowest BCUT2D eigenvalue weighted by Crippen LogP contribution is -2.38. The fraction of sp³-hybridized carbons (Fsp3) is 0.500. The average molecular weight is 127 g/mol. The molecule has 0 aromatic carbocycles. The Kier molecular flexibility index (Phi) is 1.10. The summed E-state index contributed by atoms with van der Waals surface area (Å²) < 4.78 is 4.62. The lowest BCUT2D eigenvalue weighted by Gasteiger charge is -2.12. The highest BCUT2D eigenvalue weighted by Crippen LogP contribution is 2.20. The van der Waals surface area contributed by atoms with Crippen LogP contribution in [0.3, 0.4) is 0 Å². The predicted octanol–water partition coefficient (Wildman–Crippen LogP) is -0.183. The zero-order valence-electron chi connectivity index (χ0n) is 5.31. The van der Waals surface area contributed by atoms with Gasteiger partial charge in [0.05, 0.1) is 11.1 Å². The van der Waals surface area contributed by atoms with E-state index in [-0.39, 0.29) is 12.6 Å². The van der Waals surface area contributed by atoms with Crippen LogP contribution in [0.25, 0.3) is 0 Å². The summed E-state index contributed by atoms with van der Waals surface area (Å²) in [6.45, 7) is 5.47. The van der Waals surface area contributed by atoms with Crippen LogP contribution in [-0.4, -0.2) is 18.1 Å². The lowest BCUT2D eigenvalue weighted by atomic mass is 9.99. The molecule has 0 spiro atoms. The molecule has 50 valence electrons. The van der Waals surface area contributed by atoms with Gasteiger partial charge in [-0.2, -0.15) is 0 Å². The summed E-state index contributed by atoms with van der Waals surface area (Å²) in [7, 11) is 0. The second kappa shape index (κ2) is 1.57. The molecule has 1 aliphatic heterocycles. The van der Waals surface area contributed by atoms with Crippen LogP contribution in [0.1, 0.15) is 6.92 Å². The van der Waals surface area contributed by atoms with E-state index in [0.29, 0.717) is 5.57 Å². The number of cyclic esters (lactones) is 1. The van der Waals surface area contributed by atoms with E-state index in [2.05, 4.69) is 11.3 Å². The molecule has 1 saturated heterocycles. The van der Waals surface area contributed by atoms with Crippen molar-refractivity contribution < 1.29 is 9.53 Å². The third-order valence-corrected chi connectivity index (χ3v) is 1.44. The molecule has 1 rings (SSSR count). The first-order valence-electron chi connectivity index (χ1n) is 2.69. The summed E-state index contributed by atoms with van der Waals surface area (Å²) >= 11 is 0. The molecule has 3 nitrogen and oxygen atoms in total. The van der Waals surface area contributed by atoms with Gasteiger partial charge in [0.2, 0.25) is 0 Å². The van der Waals surface area contributed by atoms with Crippen molar-refractivity contribution in [1.29, 1.82) is 0 Å². The molecule has 0 saturated carbocycles. The summed E-state index contributed by atoms with van der Waals surface area (Å²) in [4.78, 5) is 10.6. The Morgan fingerprint density at radius 1 is 1.89 bits per heavy atom. The smallest absolute Gasteiger partial charge is 0.335 e. The molecule has 2 N–H and O–H groups in total. The SMILES string of the molecule is C=C1C(=O)OC[C@@]1(C)N. The van der Waals surface area contributed by atoms with E-state index in [1.165, 1.54) is 0 Å². The molecule has 1 atom stereocenters. The molecule has 0 bridgehead atoms. The average Bonchev–Trinajstić information content (AvgIpc) is 1.97. The number of esters is 1. The Labute approximate surface area is 53.5 Å². The predicted molar refractivity (Wildman–Crippen MR) is 32.7 cm³/mol. The van der Waals surface area contributed by atoms with Crippen LogP contribution in [0.5, 0.6) is 0 Å². The van der Waals surface area contributed by atoms with Crippen molar-refractivity contribution in [3.63, 3.8) is 0 Å². The van der Waals surface area contributed by atoms with E-state index in [4.69, 9.17) is 5.73 Å². The van der Waals surface area contributed by atoms with Crippen LogP contribution in [-0.2, 0) is 9.53 Å². The maximum Gasteiger partial charge on any atom is 0.335 e. The summed E-state index contributed by atoms with van der Waals surface area (Å²) in [6, 6.07) is 0. The number of rotatable bonds is 0. The molecule has 0 aromatic rings. The summed E-state index contributed by atoms with van der Waals surface area (Å²) in [5, 5.41) is 0. The molecule has 0 aromatic heterocycles. The number of nitrogens with two attached hydrogens (primary N) is 1. The number of carbonyl (C=O) groups excluding carboxylic acids is 1.